The zero-order valence-corrected chi connectivity index (χ0v) is 17.3. The van der Waals surface area contributed by atoms with Crippen molar-refractivity contribution in [1.82, 2.24) is 10.2 Å². The Labute approximate surface area is 173 Å². The summed E-state index contributed by atoms with van der Waals surface area (Å²) in [5, 5.41) is 3.08. The van der Waals surface area contributed by atoms with Crippen LogP contribution >= 0.6 is 0 Å². The van der Waals surface area contributed by atoms with Crippen LogP contribution in [-0.2, 0) is 6.42 Å². The van der Waals surface area contributed by atoms with Gasteiger partial charge >= 0.3 is 6.03 Å². The fourth-order valence-corrected chi connectivity index (χ4v) is 4.16. The molecule has 1 atom stereocenters. The predicted octanol–water partition coefficient (Wildman–Crippen LogP) is 4.71. The van der Waals surface area contributed by atoms with Crippen LogP contribution in [0.25, 0.3) is 0 Å². The van der Waals surface area contributed by atoms with Crippen molar-refractivity contribution >= 4 is 6.03 Å². The number of hydrogen-bond acceptors (Lipinski definition) is 3. The van der Waals surface area contributed by atoms with Gasteiger partial charge in [0.05, 0.1) is 6.10 Å². The van der Waals surface area contributed by atoms with Crippen LogP contribution in [0.1, 0.15) is 49.3 Å². The van der Waals surface area contributed by atoms with Crippen LogP contribution < -0.4 is 14.8 Å². The summed E-state index contributed by atoms with van der Waals surface area (Å²) in [6, 6.07) is 16.8. The molecule has 2 aromatic rings. The number of amides is 2. The van der Waals surface area contributed by atoms with Crippen molar-refractivity contribution in [3.8, 4) is 11.5 Å². The number of nitrogens with zero attached hydrogens (tertiary/aromatic N) is 1. The van der Waals surface area contributed by atoms with E-state index in [4.69, 9.17) is 9.47 Å². The van der Waals surface area contributed by atoms with E-state index in [9.17, 15) is 4.79 Å². The third kappa shape index (κ3) is 4.84. The molecule has 0 saturated heterocycles. The molecule has 0 bridgehead atoms. The minimum Gasteiger partial charge on any atom is -0.490 e. The van der Waals surface area contributed by atoms with Gasteiger partial charge in [-0.25, -0.2) is 4.79 Å². The van der Waals surface area contributed by atoms with E-state index in [1.54, 1.807) is 19.0 Å². The molecule has 1 aliphatic heterocycles. The third-order valence-corrected chi connectivity index (χ3v) is 5.86. The van der Waals surface area contributed by atoms with Crippen molar-refractivity contribution < 1.29 is 14.3 Å². The predicted molar refractivity (Wildman–Crippen MR) is 113 cm³/mol. The SMILES string of the molecule is CN(C)C(=O)NC1CCC(Oc2ccc3c(c2)CCC(c2ccccc2)O3)CC1. The van der Waals surface area contributed by atoms with Gasteiger partial charge in [-0.3, -0.25) is 0 Å². The van der Waals surface area contributed by atoms with Gasteiger partial charge in [-0.15, -0.1) is 0 Å². The molecule has 5 nitrogen and oxygen atoms in total. The number of carbonyl (C=O) groups is 1. The summed E-state index contributed by atoms with van der Waals surface area (Å²) in [7, 11) is 3.54. The van der Waals surface area contributed by atoms with Crippen LogP contribution in [0.15, 0.2) is 48.5 Å². The van der Waals surface area contributed by atoms with Gasteiger partial charge in [0.15, 0.2) is 0 Å². The minimum atomic E-state index is -0.0159. The number of rotatable bonds is 4. The van der Waals surface area contributed by atoms with E-state index in [0.717, 1.165) is 50.0 Å². The zero-order chi connectivity index (χ0) is 20.2. The average Bonchev–Trinajstić information content (AvgIpc) is 2.75. The highest BCUT2D eigenvalue weighted by Gasteiger charge is 2.25. The van der Waals surface area contributed by atoms with Gasteiger partial charge < -0.3 is 19.7 Å². The highest BCUT2D eigenvalue weighted by atomic mass is 16.5. The van der Waals surface area contributed by atoms with E-state index < -0.39 is 0 Å². The molecule has 5 heteroatoms. The smallest absolute Gasteiger partial charge is 0.317 e. The molecule has 2 aromatic carbocycles. The van der Waals surface area contributed by atoms with Crippen LogP contribution in [-0.4, -0.2) is 37.2 Å². The fourth-order valence-electron chi connectivity index (χ4n) is 4.16. The summed E-state index contributed by atoms with van der Waals surface area (Å²) in [5.74, 6) is 1.89. The number of nitrogens with one attached hydrogen (secondary N) is 1. The van der Waals surface area contributed by atoms with Gasteiger partial charge in [0.2, 0.25) is 0 Å². The fraction of sp³-hybridized carbons (Fsp3) is 0.458. The second-order valence-corrected chi connectivity index (χ2v) is 8.26. The normalized spacial score (nSPS) is 23.4. The summed E-state index contributed by atoms with van der Waals surface area (Å²) in [5.41, 5.74) is 2.46. The number of fused-ring (bicyclic) bond motifs is 1. The van der Waals surface area contributed by atoms with Gasteiger partial charge in [-0.2, -0.15) is 0 Å². The summed E-state index contributed by atoms with van der Waals surface area (Å²) < 4.78 is 12.5. The van der Waals surface area contributed by atoms with E-state index in [2.05, 4.69) is 35.6 Å². The molecule has 0 radical (unpaired) electrons. The van der Waals surface area contributed by atoms with Gasteiger partial charge in [0, 0.05) is 20.1 Å². The van der Waals surface area contributed by atoms with Gasteiger partial charge in [0.1, 0.15) is 17.6 Å². The summed E-state index contributed by atoms with van der Waals surface area (Å²) >= 11 is 0. The lowest BCUT2D eigenvalue weighted by atomic mass is 9.93. The lowest BCUT2D eigenvalue weighted by Crippen LogP contribution is -2.44. The van der Waals surface area contributed by atoms with Crippen molar-refractivity contribution in [3.05, 3.63) is 59.7 Å². The van der Waals surface area contributed by atoms with Crippen LogP contribution in [0.3, 0.4) is 0 Å². The first-order chi connectivity index (χ1) is 14.1. The van der Waals surface area contributed by atoms with Crippen LogP contribution in [0, 0.1) is 0 Å². The molecule has 1 aliphatic carbocycles. The van der Waals surface area contributed by atoms with Gasteiger partial charge in [-0.1, -0.05) is 30.3 Å². The first kappa shape index (κ1) is 19.6. The van der Waals surface area contributed by atoms with E-state index in [-0.39, 0.29) is 24.3 Å². The maximum Gasteiger partial charge on any atom is 0.317 e. The molecule has 1 unspecified atom stereocenters. The Morgan fingerprint density at radius 2 is 1.79 bits per heavy atom. The largest absolute Gasteiger partial charge is 0.490 e. The maximum atomic E-state index is 11.8. The molecule has 2 aliphatic rings. The minimum absolute atomic E-state index is 0.0159. The van der Waals surface area contributed by atoms with Crippen LogP contribution in [0.2, 0.25) is 0 Å². The Morgan fingerprint density at radius 1 is 1.03 bits per heavy atom. The highest BCUT2D eigenvalue weighted by molar-refractivity contribution is 5.73. The molecule has 0 aromatic heterocycles. The summed E-state index contributed by atoms with van der Waals surface area (Å²) in [6.07, 6.45) is 6.15. The van der Waals surface area contributed by atoms with E-state index in [1.165, 1.54) is 11.1 Å². The lowest BCUT2D eigenvalue weighted by Gasteiger charge is -2.31. The Hall–Kier alpha value is -2.69. The second kappa shape index (κ2) is 8.76. The molecule has 2 amide bonds. The Kier molecular flexibility index (Phi) is 5.93. The van der Waals surface area contributed by atoms with Crippen LogP contribution in [0.5, 0.6) is 11.5 Å². The monoisotopic (exact) mass is 394 g/mol. The molecule has 154 valence electrons. The molecular weight excluding hydrogens is 364 g/mol. The van der Waals surface area contributed by atoms with Crippen LogP contribution in [0.4, 0.5) is 4.79 Å². The molecule has 1 saturated carbocycles. The van der Waals surface area contributed by atoms with Gasteiger partial charge in [-0.05, 0) is 67.9 Å². The number of urea groups is 1. The second-order valence-electron chi connectivity index (χ2n) is 8.26. The maximum absolute atomic E-state index is 11.8. The van der Waals surface area contributed by atoms with Crippen molar-refractivity contribution in [3.63, 3.8) is 0 Å². The highest BCUT2D eigenvalue weighted by Crippen LogP contribution is 2.37. The van der Waals surface area contributed by atoms with Crippen molar-refractivity contribution in [2.24, 2.45) is 0 Å². The van der Waals surface area contributed by atoms with E-state index >= 15 is 0 Å². The molecule has 1 heterocycles. The van der Waals surface area contributed by atoms with Crippen molar-refractivity contribution in [1.29, 1.82) is 0 Å². The average molecular weight is 395 g/mol. The topological polar surface area (TPSA) is 50.8 Å². The van der Waals surface area contributed by atoms with E-state index in [0.29, 0.717) is 0 Å². The number of hydrogen-bond donors (Lipinski definition) is 1. The van der Waals surface area contributed by atoms with Crippen molar-refractivity contribution in [2.75, 3.05) is 14.1 Å². The van der Waals surface area contributed by atoms with Gasteiger partial charge in [0.25, 0.3) is 0 Å². The summed E-state index contributed by atoms with van der Waals surface area (Å²) in [4.78, 5) is 13.4. The molecular formula is C24H30N2O3. The Bertz CT molecular complexity index is 829. The molecule has 4 rings (SSSR count). The summed E-state index contributed by atoms with van der Waals surface area (Å²) in [6.45, 7) is 0. The molecule has 0 spiro atoms. The molecule has 1 fully saturated rings. The number of ether oxygens (including phenoxy) is 2. The zero-order valence-electron chi connectivity index (χ0n) is 17.3. The Morgan fingerprint density at radius 3 is 2.52 bits per heavy atom. The lowest BCUT2D eigenvalue weighted by molar-refractivity contribution is 0.137. The third-order valence-electron chi connectivity index (χ3n) is 5.86. The molecule has 29 heavy (non-hydrogen) atoms. The number of benzene rings is 2. The first-order valence-corrected chi connectivity index (χ1v) is 10.6. The van der Waals surface area contributed by atoms with Crippen molar-refractivity contribution in [2.45, 2.75) is 56.8 Å². The quantitative estimate of drug-likeness (QED) is 0.817. The molecule has 1 N–H and O–H groups in total. The number of carbonyl (C=O) groups excluding carboxylic acids is 1. The first-order valence-electron chi connectivity index (χ1n) is 10.6. The number of aryl methyl sites for hydroxylation is 1. The standard InChI is InChI=1S/C24H30N2O3/c1-26(2)24(27)25-19-9-11-20(12-10-19)28-21-13-15-23-18(16-21)8-14-22(29-23)17-6-4-3-5-7-17/h3-7,13,15-16,19-20,22H,8-12,14H2,1-2H3,(H,25,27). The van der Waals surface area contributed by atoms with E-state index in [1.807, 2.05) is 18.2 Å². The Balaban J connectivity index is 1.31.